The Hall–Kier alpha value is -2.27. The number of rotatable bonds is 4. The van der Waals surface area contributed by atoms with Gasteiger partial charge >= 0.3 is 0 Å². The van der Waals surface area contributed by atoms with Gasteiger partial charge in [0.25, 0.3) is 0 Å². The van der Waals surface area contributed by atoms with Gasteiger partial charge in [0.1, 0.15) is 17.7 Å². The van der Waals surface area contributed by atoms with Crippen LogP contribution in [0.4, 0.5) is 0 Å². The average Bonchev–Trinajstić information content (AvgIpc) is 3.28. The van der Waals surface area contributed by atoms with E-state index in [0.717, 1.165) is 44.8 Å². The lowest BCUT2D eigenvalue weighted by molar-refractivity contribution is 0.0957. The zero-order valence-electron chi connectivity index (χ0n) is 16.1. The molecule has 142 valence electrons. The SMILES string of the molecule is Cn1ccc2c(OC3CCN(Cc4ncc5n4CCCC5)CC3)cccc21. The molecule has 0 atom stereocenters. The number of imidazole rings is 1. The standard InChI is InChI=1S/C22H28N4O/c1-24-12-10-19-20(24)6-4-7-21(19)27-18-8-13-25(14-9-18)16-22-23-15-17-5-2-3-11-26(17)22/h4,6-7,10,12,15,18H,2-3,5,8-9,11,13-14,16H2,1H3. The highest BCUT2D eigenvalue weighted by atomic mass is 16.5. The van der Waals surface area contributed by atoms with Crippen LogP contribution in [-0.4, -0.2) is 38.2 Å². The summed E-state index contributed by atoms with van der Waals surface area (Å²) in [7, 11) is 2.08. The van der Waals surface area contributed by atoms with E-state index in [9.17, 15) is 0 Å². The number of benzene rings is 1. The van der Waals surface area contributed by atoms with Crippen LogP contribution < -0.4 is 4.74 Å². The number of likely N-dealkylation sites (tertiary alicyclic amines) is 1. The summed E-state index contributed by atoms with van der Waals surface area (Å²) in [5, 5.41) is 1.21. The van der Waals surface area contributed by atoms with Crippen molar-refractivity contribution < 1.29 is 4.74 Å². The second-order valence-corrected chi connectivity index (χ2v) is 7.98. The Kier molecular flexibility index (Phi) is 4.40. The van der Waals surface area contributed by atoms with Gasteiger partial charge in [0, 0.05) is 50.2 Å². The second kappa shape index (κ2) is 7.04. The molecule has 1 saturated heterocycles. The van der Waals surface area contributed by atoms with Crippen LogP contribution in [0.15, 0.2) is 36.7 Å². The number of aromatic nitrogens is 3. The number of fused-ring (bicyclic) bond motifs is 2. The molecule has 27 heavy (non-hydrogen) atoms. The Morgan fingerprint density at radius 2 is 2.00 bits per heavy atom. The summed E-state index contributed by atoms with van der Waals surface area (Å²) < 4.78 is 11.0. The minimum atomic E-state index is 0.307. The number of hydrogen-bond acceptors (Lipinski definition) is 3. The molecule has 0 N–H and O–H groups in total. The van der Waals surface area contributed by atoms with Gasteiger partial charge in [0.05, 0.1) is 12.1 Å². The molecule has 1 fully saturated rings. The summed E-state index contributed by atoms with van der Waals surface area (Å²) >= 11 is 0. The quantitative estimate of drug-likeness (QED) is 0.707. The molecule has 4 heterocycles. The molecular formula is C22H28N4O. The zero-order chi connectivity index (χ0) is 18.2. The van der Waals surface area contributed by atoms with E-state index in [1.54, 1.807) is 0 Å². The predicted octanol–water partition coefficient (Wildman–Crippen LogP) is 3.75. The summed E-state index contributed by atoms with van der Waals surface area (Å²) in [6, 6.07) is 8.50. The number of piperidine rings is 1. The largest absolute Gasteiger partial charge is 0.490 e. The van der Waals surface area contributed by atoms with Gasteiger partial charge in [-0.05, 0) is 50.3 Å². The molecule has 0 saturated carbocycles. The monoisotopic (exact) mass is 364 g/mol. The van der Waals surface area contributed by atoms with E-state index < -0.39 is 0 Å². The van der Waals surface area contributed by atoms with E-state index in [4.69, 9.17) is 9.72 Å². The Bertz CT molecular complexity index is 933. The molecule has 0 bridgehead atoms. The topological polar surface area (TPSA) is 35.2 Å². The smallest absolute Gasteiger partial charge is 0.129 e. The highest BCUT2D eigenvalue weighted by molar-refractivity contribution is 5.86. The molecular weight excluding hydrogens is 336 g/mol. The van der Waals surface area contributed by atoms with E-state index in [1.165, 1.54) is 41.7 Å². The van der Waals surface area contributed by atoms with Crippen LogP contribution in [0.3, 0.4) is 0 Å². The number of hydrogen-bond donors (Lipinski definition) is 0. The van der Waals surface area contributed by atoms with Crippen molar-refractivity contribution in [3.05, 3.63) is 48.2 Å². The molecule has 5 nitrogen and oxygen atoms in total. The third-order valence-corrected chi connectivity index (χ3v) is 6.17. The predicted molar refractivity (Wildman–Crippen MR) is 107 cm³/mol. The van der Waals surface area contributed by atoms with Gasteiger partial charge in [-0.2, -0.15) is 0 Å². The van der Waals surface area contributed by atoms with Crippen molar-refractivity contribution in [2.24, 2.45) is 7.05 Å². The molecule has 0 amide bonds. The van der Waals surface area contributed by atoms with Crippen molar-refractivity contribution in [2.75, 3.05) is 13.1 Å². The molecule has 2 aromatic heterocycles. The van der Waals surface area contributed by atoms with E-state index in [0.29, 0.717) is 6.10 Å². The maximum atomic E-state index is 6.40. The minimum absolute atomic E-state index is 0.307. The molecule has 0 radical (unpaired) electrons. The van der Waals surface area contributed by atoms with Crippen LogP contribution in [0, 0.1) is 0 Å². The molecule has 1 aromatic carbocycles. The number of aryl methyl sites for hydroxylation is 2. The molecule has 5 rings (SSSR count). The summed E-state index contributed by atoms with van der Waals surface area (Å²) in [5.41, 5.74) is 2.65. The molecule has 2 aliphatic rings. The molecule has 0 unspecified atom stereocenters. The van der Waals surface area contributed by atoms with Crippen molar-refractivity contribution in [2.45, 2.75) is 51.3 Å². The van der Waals surface area contributed by atoms with Gasteiger partial charge in [-0.3, -0.25) is 4.90 Å². The molecule has 2 aliphatic heterocycles. The molecule has 0 spiro atoms. The molecule has 0 aliphatic carbocycles. The fourth-order valence-corrected chi connectivity index (χ4v) is 4.57. The maximum Gasteiger partial charge on any atom is 0.129 e. The van der Waals surface area contributed by atoms with Crippen LogP contribution in [0.2, 0.25) is 0 Å². The minimum Gasteiger partial charge on any atom is -0.490 e. The lowest BCUT2D eigenvalue weighted by Gasteiger charge is -2.32. The fourth-order valence-electron chi connectivity index (χ4n) is 4.57. The zero-order valence-corrected chi connectivity index (χ0v) is 16.1. The Morgan fingerprint density at radius 1 is 1.11 bits per heavy atom. The highest BCUT2D eigenvalue weighted by Crippen LogP contribution is 2.29. The van der Waals surface area contributed by atoms with E-state index in [-0.39, 0.29) is 0 Å². The number of nitrogens with zero attached hydrogens (tertiary/aromatic N) is 4. The van der Waals surface area contributed by atoms with Gasteiger partial charge in [-0.1, -0.05) is 6.07 Å². The van der Waals surface area contributed by atoms with Crippen molar-refractivity contribution in [3.63, 3.8) is 0 Å². The van der Waals surface area contributed by atoms with Crippen molar-refractivity contribution in [3.8, 4) is 5.75 Å². The first kappa shape index (κ1) is 16.9. The van der Waals surface area contributed by atoms with Crippen molar-refractivity contribution >= 4 is 10.9 Å². The third-order valence-electron chi connectivity index (χ3n) is 6.17. The van der Waals surface area contributed by atoms with E-state index in [2.05, 4.69) is 57.7 Å². The van der Waals surface area contributed by atoms with Crippen LogP contribution in [-0.2, 0) is 26.6 Å². The lowest BCUT2D eigenvalue weighted by atomic mass is 10.1. The van der Waals surface area contributed by atoms with E-state index >= 15 is 0 Å². The summed E-state index contributed by atoms with van der Waals surface area (Å²) in [6.07, 6.45) is 10.4. The third kappa shape index (κ3) is 3.25. The second-order valence-electron chi connectivity index (χ2n) is 7.98. The van der Waals surface area contributed by atoms with Gasteiger partial charge in [0.15, 0.2) is 0 Å². The molecule has 5 heteroatoms. The summed E-state index contributed by atoms with van der Waals surface area (Å²) in [6.45, 7) is 4.28. The number of ether oxygens (including phenoxy) is 1. The van der Waals surface area contributed by atoms with Gasteiger partial charge in [0.2, 0.25) is 0 Å². The highest BCUT2D eigenvalue weighted by Gasteiger charge is 2.23. The first-order valence-electron chi connectivity index (χ1n) is 10.2. The first-order chi connectivity index (χ1) is 13.3. The summed E-state index contributed by atoms with van der Waals surface area (Å²) in [4.78, 5) is 7.24. The van der Waals surface area contributed by atoms with E-state index in [1.807, 2.05) is 0 Å². The van der Waals surface area contributed by atoms with Gasteiger partial charge in [-0.25, -0.2) is 4.98 Å². The Balaban J connectivity index is 1.21. The maximum absolute atomic E-state index is 6.40. The Morgan fingerprint density at radius 3 is 2.89 bits per heavy atom. The van der Waals surface area contributed by atoms with Crippen LogP contribution in [0.25, 0.3) is 10.9 Å². The van der Waals surface area contributed by atoms with Crippen molar-refractivity contribution in [1.29, 1.82) is 0 Å². The fraction of sp³-hybridized carbons (Fsp3) is 0.500. The van der Waals surface area contributed by atoms with Crippen LogP contribution in [0.5, 0.6) is 5.75 Å². The normalized spacial score (nSPS) is 18.7. The van der Waals surface area contributed by atoms with Crippen LogP contribution >= 0.6 is 0 Å². The first-order valence-corrected chi connectivity index (χ1v) is 10.2. The Labute approximate surface area is 160 Å². The lowest BCUT2D eigenvalue weighted by Crippen LogP contribution is -2.38. The van der Waals surface area contributed by atoms with Crippen molar-refractivity contribution in [1.82, 2.24) is 19.0 Å². The van der Waals surface area contributed by atoms with Gasteiger partial charge in [-0.15, -0.1) is 0 Å². The van der Waals surface area contributed by atoms with Crippen LogP contribution in [0.1, 0.15) is 37.2 Å². The average molecular weight is 364 g/mol. The van der Waals surface area contributed by atoms with Gasteiger partial charge < -0.3 is 13.9 Å². The summed E-state index contributed by atoms with van der Waals surface area (Å²) in [5.74, 6) is 2.27. The molecule has 3 aromatic rings.